The van der Waals surface area contributed by atoms with Gasteiger partial charge in [-0.1, -0.05) is 12.1 Å². The molecule has 1 aliphatic rings. The zero-order valence-corrected chi connectivity index (χ0v) is 14.2. The topological polar surface area (TPSA) is 62.9 Å². The average molecular weight is 345 g/mol. The van der Waals surface area contributed by atoms with E-state index in [-0.39, 0.29) is 6.04 Å². The number of H-pyrrole nitrogens is 1. The molecule has 1 unspecified atom stereocenters. The summed E-state index contributed by atoms with van der Waals surface area (Å²) in [5.74, 6) is 0. The third-order valence-electron chi connectivity index (χ3n) is 4.97. The van der Waals surface area contributed by atoms with Crippen molar-refractivity contribution in [3.63, 3.8) is 0 Å². The third-order valence-corrected chi connectivity index (χ3v) is 4.97. The van der Waals surface area contributed by atoms with Crippen LogP contribution < -0.4 is 0 Å². The maximum atomic E-state index is 5.25. The highest BCUT2D eigenvalue weighted by Gasteiger charge is 2.31. The standard InChI is InChI=1S/C20H19N5O/c1-8-23-25(9-1)17-4-2-16(3-5-17)20-19-18(21-14-22-19)6-10-24(20)12-15-7-11-26-13-15/h1-5,7-9,11,13-14,20H,6,10,12H2,(H,21,22). The molecule has 0 fully saturated rings. The van der Waals surface area contributed by atoms with Crippen LogP contribution in [0.25, 0.3) is 5.69 Å². The van der Waals surface area contributed by atoms with Crippen molar-refractivity contribution in [2.45, 2.75) is 19.0 Å². The van der Waals surface area contributed by atoms with Gasteiger partial charge in [0, 0.05) is 43.2 Å². The van der Waals surface area contributed by atoms with Crippen LogP contribution in [0.3, 0.4) is 0 Å². The molecular formula is C20H19N5O. The van der Waals surface area contributed by atoms with Crippen molar-refractivity contribution in [2.24, 2.45) is 0 Å². The van der Waals surface area contributed by atoms with Crippen LogP contribution in [-0.4, -0.2) is 31.2 Å². The van der Waals surface area contributed by atoms with E-state index in [1.807, 2.05) is 29.3 Å². The molecule has 6 heteroatoms. The SMILES string of the molecule is c1cnn(-c2ccc(C3c4nc[nH]c4CCN3Cc3ccoc3)cc2)c1. The summed E-state index contributed by atoms with van der Waals surface area (Å²) in [6, 6.07) is 12.7. The molecular weight excluding hydrogens is 326 g/mol. The summed E-state index contributed by atoms with van der Waals surface area (Å²) < 4.78 is 7.12. The minimum atomic E-state index is 0.131. The van der Waals surface area contributed by atoms with Crippen molar-refractivity contribution in [3.05, 3.63) is 90.2 Å². The van der Waals surface area contributed by atoms with Gasteiger partial charge in [-0.25, -0.2) is 9.67 Å². The summed E-state index contributed by atoms with van der Waals surface area (Å²) in [4.78, 5) is 10.4. The van der Waals surface area contributed by atoms with Crippen molar-refractivity contribution in [1.82, 2.24) is 24.6 Å². The maximum absolute atomic E-state index is 5.25. The lowest BCUT2D eigenvalue weighted by Crippen LogP contribution is -2.35. The van der Waals surface area contributed by atoms with Crippen molar-refractivity contribution in [2.75, 3.05) is 6.54 Å². The molecule has 0 amide bonds. The lowest BCUT2D eigenvalue weighted by atomic mass is 9.95. The summed E-state index contributed by atoms with van der Waals surface area (Å²) in [6.07, 6.45) is 10.1. The van der Waals surface area contributed by atoms with E-state index in [4.69, 9.17) is 4.42 Å². The van der Waals surface area contributed by atoms with Crippen molar-refractivity contribution < 1.29 is 4.42 Å². The number of aromatic amines is 1. The van der Waals surface area contributed by atoms with E-state index in [1.54, 1.807) is 18.8 Å². The van der Waals surface area contributed by atoms with E-state index in [1.165, 1.54) is 16.8 Å². The van der Waals surface area contributed by atoms with Gasteiger partial charge in [0.05, 0.1) is 36.3 Å². The highest BCUT2D eigenvalue weighted by Crippen LogP contribution is 2.34. The number of aromatic nitrogens is 4. The Kier molecular flexibility index (Phi) is 3.68. The molecule has 0 bridgehead atoms. The Morgan fingerprint density at radius 3 is 2.88 bits per heavy atom. The summed E-state index contributed by atoms with van der Waals surface area (Å²) in [5, 5.41) is 4.30. The Bertz CT molecular complexity index is 970. The molecule has 1 N–H and O–H groups in total. The summed E-state index contributed by atoms with van der Waals surface area (Å²) in [5.41, 5.74) is 5.82. The number of fused-ring (bicyclic) bond motifs is 1. The van der Waals surface area contributed by atoms with Gasteiger partial charge in [0.15, 0.2) is 0 Å². The van der Waals surface area contributed by atoms with E-state index >= 15 is 0 Å². The first-order valence-electron chi connectivity index (χ1n) is 8.76. The summed E-state index contributed by atoms with van der Waals surface area (Å²) in [7, 11) is 0. The first-order chi connectivity index (χ1) is 12.9. The van der Waals surface area contributed by atoms with Gasteiger partial charge in [-0.15, -0.1) is 0 Å². The molecule has 1 atom stereocenters. The monoisotopic (exact) mass is 345 g/mol. The second kappa shape index (κ2) is 6.31. The molecule has 0 saturated heterocycles. The van der Waals surface area contributed by atoms with Crippen LogP contribution in [0.15, 0.2) is 72.1 Å². The van der Waals surface area contributed by atoms with Crippen LogP contribution in [0.5, 0.6) is 0 Å². The zero-order valence-electron chi connectivity index (χ0n) is 14.2. The van der Waals surface area contributed by atoms with E-state index < -0.39 is 0 Å². The van der Waals surface area contributed by atoms with Crippen LogP contribution >= 0.6 is 0 Å². The van der Waals surface area contributed by atoms with Gasteiger partial charge in [0.2, 0.25) is 0 Å². The van der Waals surface area contributed by atoms with Gasteiger partial charge >= 0.3 is 0 Å². The first kappa shape index (κ1) is 15.2. The summed E-state index contributed by atoms with van der Waals surface area (Å²) in [6.45, 7) is 1.82. The Morgan fingerprint density at radius 1 is 1.19 bits per heavy atom. The Hall–Kier alpha value is -3.12. The molecule has 3 aromatic heterocycles. The normalized spacial score (nSPS) is 17.3. The quantitative estimate of drug-likeness (QED) is 0.616. The summed E-state index contributed by atoms with van der Waals surface area (Å²) >= 11 is 0. The van der Waals surface area contributed by atoms with Crippen molar-refractivity contribution in [1.29, 1.82) is 0 Å². The highest BCUT2D eigenvalue weighted by atomic mass is 16.3. The number of nitrogens with one attached hydrogen (secondary N) is 1. The second-order valence-electron chi connectivity index (χ2n) is 6.56. The smallest absolute Gasteiger partial charge is 0.0947 e. The average Bonchev–Trinajstić information content (AvgIpc) is 3.44. The van der Waals surface area contributed by atoms with Gasteiger partial charge < -0.3 is 9.40 Å². The zero-order chi connectivity index (χ0) is 17.3. The molecule has 0 radical (unpaired) electrons. The number of hydrogen-bond donors (Lipinski definition) is 1. The van der Waals surface area contributed by atoms with Crippen molar-refractivity contribution in [3.8, 4) is 5.69 Å². The van der Waals surface area contributed by atoms with E-state index in [0.717, 1.165) is 30.9 Å². The molecule has 4 aromatic rings. The van der Waals surface area contributed by atoms with Gasteiger partial charge in [0.25, 0.3) is 0 Å². The van der Waals surface area contributed by atoms with Gasteiger partial charge in [0.1, 0.15) is 0 Å². The molecule has 6 nitrogen and oxygen atoms in total. The van der Waals surface area contributed by atoms with Crippen LogP contribution in [0.4, 0.5) is 0 Å². The number of nitrogens with zero attached hydrogens (tertiary/aromatic N) is 4. The first-order valence-corrected chi connectivity index (χ1v) is 8.76. The molecule has 5 rings (SSSR count). The maximum Gasteiger partial charge on any atom is 0.0947 e. The predicted octanol–water partition coefficient (Wildman–Crippen LogP) is 3.34. The van der Waals surface area contributed by atoms with Crippen LogP contribution in [0.1, 0.15) is 28.6 Å². The molecule has 0 spiro atoms. The van der Waals surface area contributed by atoms with Crippen LogP contribution in [0.2, 0.25) is 0 Å². The molecule has 1 aromatic carbocycles. The Labute approximate surface area is 151 Å². The second-order valence-corrected chi connectivity index (χ2v) is 6.56. The molecule has 4 heterocycles. The number of rotatable bonds is 4. The fraction of sp³-hybridized carbons (Fsp3) is 0.200. The Morgan fingerprint density at radius 2 is 2.12 bits per heavy atom. The van der Waals surface area contributed by atoms with Gasteiger partial charge in [-0.2, -0.15) is 5.10 Å². The van der Waals surface area contributed by atoms with Gasteiger partial charge in [-0.3, -0.25) is 4.90 Å². The molecule has 26 heavy (non-hydrogen) atoms. The lowest BCUT2D eigenvalue weighted by Gasteiger charge is -2.35. The van der Waals surface area contributed by atoms with Crippen LogP contribution in [0, 0.1) is 0 Å². The Balaban J connectivity index is 1.50. The highest BCUT2D eigenvalue weighted by molar-refractivity contribution is 5.39. The predicted molar refractivity (Wildman–Crippen MR) is 96.8 cm³/mol. The largest absolute Gasteiger partial charge is 0.472 e. The van der Waals surface area contributed by atoms with Crippen molar-refractivity contribution >= 4 is 0 Å². The van der Waals surface area contributed by atoms with Crippen LogP contribution in [-0.2, 0) is 13.0 Å². The minimum Gasteiger partial charge on any atom is -0.472 e. The van der Waals surface area contributed by atoms with Gasteiger partial charge in [-0.05, 0) is 29.8 Å². The number of benzene rings is 1. The number of furan rings is 1. The minimum absolute atomic E-state index is 0.131. The fourth-order valence-electron chi connectivity index (χ4n) is 3.71. The molecule has 130 valence electrons. The van der Waals surface area contributed by atoms with E-state index in [2.05, 4.69) is 44.2 Å². The molecule has 1 aliphatic heterocycles. The third kappa shape index (κ3) is 2.64. The fourth-order valence-corrected chi connectivity index (χ4v) is 3.71. The number of imidazole rings is 1. The number of hydrogen-bond acceptors (Lipinski definition) is 4. The lowest BCUT2D eigenvalue weighted by molar-refractivity contribution is 0.200. The van der Waals surface area contributed by atoms with E-state index in [9.17, 15) is 0 Å². The molecule has 0 saturated carbocycles. The van der Waals surface area contributed by atoms with E-state index in [0.29, 0.717) is 0 Å². The molecule has 0 aliphatic carbocycles.